The number of anilines is 1. The molecule has 1 saturated heterocycles. The quantitative estimate of drug-likeness (QED) is 0.200. The fourth-order valence-electron chi connectivity index (χ4n) is 3.25. The lowest BCUT2D eigenvalue weighted by Crippen LogP contribution is -2.41. The number of nitrogens with zero attached hydrogens (tertiary/aromatic N) is 4. The number of carbonyl (C=O) groups is 2. The molecule has 0 radical (unpaired) electrons. The lowest BCUT2D eigenvalue weighted by Gasteiger charge is -2.19. The van der Waals surface area contributed by atoms with Crippen molar-refractivity contribution in [3.05, 3.63) is 12.7 Å². The topological polar surface area (TPSA) is 261 Å². The molecule has 6 N–H and O–H groups in total. The lowest BCUT2D eigenvalue weighted by molar-refractivity contribution is -0.164. The maximum Gasteiger partial charge on any atom is 0.529 e. The van der Waals surface area contributed by atoms with Gasteiger partial charge in [-0.3, -0.25) is 18.8 Å². The number of fused-ring (bicyclic) bond motifs is 1. The SMILES string of the molecule is CC(=O)N[C@@H](CC[P+](=O)[O-])C(=O)OP(=O)(O)OC[C@H]1O[C@@H](n2cnc3c(N)ncnc32)[C@H](O)[C@@H]1O. The summed E-state index contributed by atoms with van der Waals surface area (Å²) in [4.78, 5) is 55.9. The number of aliphatic hydroxyl groups is 2. The molecule has 0 bridgehead atoms. The largest absolute Gasteiger partial charge is 0.596 e. The average molecular weight is 536 g/mol. The lowest BCUT2D eigenvalue weighted by atomic mass is 10.1. The number of phosphoric acid groups is 1. The number of aromatic nitrogens is 4. The summed E-state index contributed by atoms with van der Waals surface area (Å²) < 4.78 is 39.0. The van der Waals surface area contributed by atoms with E-state index in [0.29, 0.717) is 0 Å². The van der Waals surface area contributed by atoms with Crippen molar-refractivity contribution in [1.29, 1.82) is 0 Å². The number of imidazole rings is 1. The molecule has 1 aliphatic rings. The predicted octanol–water partition coefficient (Wildman–Crippen LogP) is -2.31. The highest BCUT2D eigenvalue weighted by molar-refractivity contribution is 7.48. The Balaban J connectivity index is 1.64. The van der Waals surface area contributed by atoms with E-state index in [1.165, 1.54) is 10.9 Å². The maximum atomic E-state index is 12.2. The van der Waals surface area contributed by atoms with Crippen LogP contribution in [0.5, 0.6) is 0 Å². The standard InChI is InChI=1S/C16H22N6O11P2/c1-7(23)21-8(2-3-34(27)28)16(26)33-35(29,30)31-4-9-11(24)12(25)15(32-9)22-6-20-10-13(17)18-5-19-14(10)22/h5-6,8-9,11-12,15,24-25H,2-4H2,1H3,(H,21,23)(H,29,30)(H2,17,18,19)/t8-,9+,11+,12+,15+/m0/s1. The van der Waals surface area contributed by atoms with Crippen LogP contribution >= 0.6 is 15.9 Å². The molecule has 7 atom stereocenters. The van der Waals surface area contributed by atoms with Gasteiger partial charge in [0.05, 0.1) is 12.9 Å². The van der Waals surface area contributed by atoms with E-state index >= 15 is 0 Å². The summed E-state index contributed by atoms with van der Waals surface area (Å²) in [7, 11) is -7.98. The van der Waals surface area contributed by atoms with Crippen molar-refractivity contribution in [2.45, 2.75) is 43.9 Å². The van der Waals surface area contributed by atoms with Crippen LogP contribution in [-0.4, -0.2) is 83.6 Å². The summed E-state index contributed by atoms with van der Waals surface area (Å²) in [5.74, 6) is -2.04. The van der Waals surface area contributed by atoms with E-state index in [0.717, 1.165) is 13.3 Å². The first-order valence-corrected chi connectivity index (χ1v) is 12.8. The molecule has 0 aliphatic carbocycles. The highest BCUT2D eigenvalue weighted by Crippen LogP contribution is 2.45. The summed E-state index contributed by atoms with van der Waals surface area (Å²) in [5.41, 5.74) is 6.14. The molecule has 0 saturated carbocycles. The maximum absolute atomic E-state index is 12.2. The Bertz CT molecular complexity index is 1160. The Morgan fingerprint density at radius 2 is 2.09 bits per heavy atom. The third kappa shape index (κ3) is 6.54. The van der Waals surface area contributed by atoms with E-state index in [9.17, 15) is 38.7 Å². The fraction of sp³-hybridized carbons (Fsp3) is 0.562. The van der Waals surface area contributed by atoms with Crippen molar-refractivity contribution < 1.29 is 52.5 Å². The molecule has 1 amide bonds. The number of nitrogens with two attached hydrogens (primary N) is 1. The van der Waals surface area contributed by atoms with Gasteiger partial charge in [-0.2, -0.15) is 0 Å². The zero-order chi connectivity index (χ0) is 25.9. The van der Waals surface area contributed by atoms with Crippen LogP contribution in [0.25, 0.3) is 11.2 Å². The summed E-state index contributed by atoms with van der Waals surface area (Å²) in [6.45, 7) is 0.258. The highest BCUT2D eigenvalue weighted by Gasteiger charge is 2.46. The average Bonchev–Trinajstić information content (AvgIpc) is 3.31. The molecular formula is C16H22N6O11P2. The number of amides is 1. The van der Waals surface area contributed by atoms with Gasteiger partial charge in [0, 0.05) is 13.3 Å². The van der Waals surface area contributed by atoms with Crippen LogP contribution in [0.15, 0.2) is 12.7 Å². The Hall–Kier alpha value is -2.62. The van der Waals surface area contributed by atoms with Gasteiger partial charge in [-0.1, -0.05) is 4.57 Å². The fourth-order valence-corrected chi connectivity index (χ4v) is 4.46. The van der Waals surface area contributed by atoms with Crippen molar-refractivity contribution in [3.63, 3.8) is 0 Å². The zero-order valence-corrected chi connectivity index (χ0v) is 19.8. The summed E-state index contributed by atoms with van der Waals surface area (Å²) in [5, 5.41) is 22.8. The van der Waals surface area contributed by atoms with Crippen molar-refractivity contribution in [3.8, 4) is 0 Å². The highest BCUT2D eigenvalue weighted by atomic mass is 31.2. The second kappa shape index (κ2) is 11.0. The van der Waals surface area contributed by atoms with E-state index in [4.69, 9.17) is 15.0 Å². The van der Waals surface area contributed by atoms with E-state index < -0.39 is 77.5 Å². The van der Waals surface area contributed by atoms with E-state index in [2.05, 4.69) is 24.8 Å². The normalized spacial score (nSPS) is 25.1. The number of phosphoric ester groups is 1. The van der Waals surface area contributed by atoms with E-state index in [1.807, 2.05) is 0 Å². The molecule has 3 rings (SSSR count). The van der Waals surface area contributed by atoms with Gasteiger partial charge in [-0.05, 0) is 0 Å². The molecule has 0 spiro atoms. The molecule has 17 nitrogen and oxygen atoms in total. The van der Waals surface area contributed by atoms with Crippen LogP contribution in [-0.2, 0) is 32.5 Å². The van der Waals surface area contributed by atoms with Gasteiger partial charge in [0.15, 0.2) is 17.7 Å². The zero-order valence-electron chi connectivity index (χ0n) is 18.0. The molecule has 2 aromatic heterocycles. The summed E-state index contributed by atoms with van der Waals surface area (Å²) in [6.07, 6.45) is -4.18. The Morgan fingerprint density at radius 3 is 2.74 bits per heavy atom. The Morgan fingerprint density at radius 1 is 1.37 bits per heavy atom. The second-order valence-electron chi connectivity index (χ2n) is 7.40. The Labute approximate surface area is 197 Å². The molecule has 3 heterocycles. The summed E-state index contributed by atoms with van der Waals surface area (Å²) in [6, 6.07) is -1.52. The number of aliphatic hydroxyl groups excluding tert-OH is 2. The molecule has 192 valence electrons. The van der Waals surface area contributed by atoms with Crippen LogP contribution in [0.3, 0.4) is 0 Å². The molecule has 1 fully saturated rings. The van der Waals surface area contributed by atoms with Crippen LogP contribution in [0.2, 0.25) is 0 Å². The number of hydrogen-bond acceptors (Lipinski definition) is 14. The van der Waals surface area contributed by atoms with Crippen molar-refractivity contribution in [2.24, 2.45) is 0 Å². The van der Waals surface area contributed by atoms with Gasteiger partial charge in [0.1, 0.15) is 42.4 Å². The number of hydrogen-bond donors (Lipinski definition) is 5. The first-order valence-electron chi connectivity index (χ1n) is 9.94. The third-order valence-electron chi connectivity index (χ3n) is 4.87. The van der Waals surface area contributed by atoms with Gasteiger partial charge >= 0.3 is 21.8 Å². The van der Waals surface area contributed by atoms with Gasteiger partial charge in [0.25, 0.3) is 0 Å². The molecule has 2 aromatic rings. The van der Waals surface area contributed by atoms with Gasteiger partial charge < -0.3 is 35.4 Å². The molecule has 35 heavy (non-hydrogen) atoms. The molecule has 0 aromatic carbocycles. The number of nitrogens with one attached hydrogen (secondary N) is 1. The minimum Gasteiger partial charge on any atom is -0.596 e. The van der Waals surface area contributed by atoms with Gasteiger partial charge in [0.2, 0.25) is 5.91 Å². The van der Waals surface area contributed by atoms with Gasteiger partial charge in [-0.25, -0.2) is 24.3 Å². The van der Waals surface area contributed by atoms with Crippen molar-refractivity contribution in [2.75, 3.05) is 18.5 Å². The third-order valence-corrected chi connectivity index (χ3v) is 6.38. The predicted molar refractivity (Wildman–Crippen MR) is 112 cm³/mol. The Kier molecular flexibility index (Phi) is 8.46. The van der Waals surface area contributed by atoms with Crippen molar-refractivity contribution >= 4 is 44.7 Å². The minimum atomic E-state index is -5.10. The molecule has 2 unspecified atom stereocenters. The van der Waals surface area contributed by atoms with Crippen LogP contribution in [0.4, 0.5) is 5.82 Å². The van der Waals surface area contributed by atoms with Crippen LogP contribution < -0.4 is 15.9 Å². The van der Waals surface area contributed by atoms with Crippen LogP contribution in [0.1, 0.15) is 19.6 Å². The monoisotopic (exact) mass is 536 g/mol. The number of carbonyl (C=O) groups excluding carboxylic acids is 2. The van der Waals surface area contributed by atoms with Crippen molar-refractivity contribution in [1.82, 2.24) is 24.8 Å². The molecular weight excluding hydrogens is 514 g/mol. The first kappa shape index (κ1) is 27.0. The number of rotatable bonds is 10. The van der Waals surface area contributed by atoms with Gasteiger partial charge in [-0.15, -0.1) is 0 Å². The number of nitrogen functional groups attached to an aromatic ring is 1. The van der Waals surface area contributed by atoms with E-state index in [1.54, 1.807) is 0 Å². The molecule has 1 aliphatic heterocycles. The minimum absolute atomic E-state index is 0.0735. The number of ether oxygens (including phenoxy) is 1. The summed E-state index contributed by atoms with van der Waals surface area (Å²) >= 11 is 0. The smallest absolute Gasteiger partial charge is 0.529 e. The molecule has 19 heteroatoms. The second-order valence-corrected chi connectivity index (χ2v) is 9.89. The first-order chi connectivity index (χ1) is 16.4. The van der Waals surface area contributed by atoms with E-state index in [-0.39, 0.29) is 17.0 Å². The van der Waals surface area contributed by atoms with Crippen LogP contribution in [0, 0.1) is 0 Å².